The number of nitrogens with two attached hydrogens (primary N) is 1. The van der Waals surface area contributed by atoms with Crippen molar-refractivity contribution in [2.24, 2.45) is 0 Å². The molecule has 1 aromatic carbocycles. The number of nitrogen functional groups attached to an aromatic ring is 1. The fraction of sp³-hybridized carbons (Fsp3) is 0.462. The molecule has 100 valence electrons. The second-order valence-electron chi connectivity index (χ2n) is 4.00. The summed E-state index contributed by atoms with van der Waals surface area (Å²) >= 11 is 1.77. The Morgan fingerprint density at radius 2 is 2.22 bits per heavy atom. The van der Waals surface area contributed by atoms with E-state index in [0.717, 1.165) is 11.5 Å². The van der Waals surface area contributed by atoms with E-state index in [4.69, 9.17) is 5.73 Å². The average molecular weight is 270 g/mol. The number of benzene rings is 1. The quantitative estimate of drug-likeness (QED) is 0.590. The normalized spacial score (nSPS) is 10.3. The molecule has 18 heavy (non-hydrogen) atoms. The Kier molecular flexibility index (Phi) is 6.57. The van der Waals surface area contributed by atoms with Gasteiger partial charge in [-0.25, -0.2) is 4.39 Å². The highest BCUT2D eigenvalue weighted by Crippen LogP contribution is 2.19. The molecule has 0 radical (unpaired) electrons. The molecule has 0 aliphatic rings. The molecule has 3 N–H and O–H groups in total. The second-order valence-corrected chi connectivity index (χ2v) is 5.22. The van der Waals surface area contributed by atoms with Gasteiger partial charge in [-0.05, 0) is 30.4 Å². The number of amides is 1. The first-order valence-electron chi connectivity index (χ1n) is 6.06. The third-order valence-corrected chi connectivity index (χ3v) is 3.47. The van der Waals surface area contributed by atoms with Crippen LogP contribution in [0.1, 0.15) is 26.2 Å². The van der Waals surface area contributed by atoms with E-state index < -0.39 is 5.82 Å². The summed E-state index contributed by atoms with van der Waals surface area (Å²) in [4.78, 5) is 11.6. The maximum atomic E-state index is 12.8. The van der Waals surface area contributed by atoms with E-state index in [1.165, 1.54) is 31.0 Å². The van der Waals surface area contributed by atoms with Gasteiger partial charge in [0, 0.05) is 12.2 Å². The zero-order chi connectivity index (χ0) is 13.4. The number of anilines is 2. The van der Waals surface area contributed by atoms with Crippen LogP contribution in [0.3, 0.4) is 0 Å². The highest BCUT2D eigenvalue weighted by molar-refractivity contribution is 7.99. The van der Waals surface area contributed by atoms with Crippen molar-refractivity contribution in [3.05, 3.63) is 24.0 Å². The molecule has 0 saturated carbocycles. The molecular weight excluding hydrogens is 251 g/mol. The minimum Gasteiger partial charge on any atom is -0.397 e. The summed E-state index contributed by atoms with van der Waals surface area (Å²) in [6, 6.07) is 3.96. The fourth-order valence-corrected chi connectivity index (χ4v) is 2.40. The Bertz CT molecular complexity index is 399. The van der Waals surface area contributed by atoms with E-state index in [0.29, 0.717) is 12.1 Å². The molecule has 0 bridgehead atoms. The van der Waals surface area contributed by atoms with Crippen molar-refractivity contribution in [3.63, 3.8) is 0 Å². The van der Waals surface area contributed by atoms with Gasteiger partial charge in [0.1, 0.15) is 5.82 Å². The van der Waals surface area contributed by atoms with Crippen LogP contribution in [0, 0.1) is 5.82 Å². The van der Waals surface area contributed by atoms with Crippen LogP contribution < -0.4 is 11.1 Å². The van der Waals surface area contributed by atoms with Gasteiger partial charge in [0.25, 0.3) is 0 Å². The number of carbonyl (C=O) groups is 1. The molecule has 0 unspecified atom stereocenters. The van der Waals surface area contributed by atoms with E-state index in [1.54, 1.807) is 11.8 Å². The van der Waals surface area contributed by atoms with Gasteiger partial charge in [-0.1, -0.05) is 13.3 Å². The number of hydrogen-bond acceptors (Lipinski definition) is 3. The van der Waals surface area contributed by atoms with Gasteiger partial charge in [0.15, 0.2) is 0 Å². The van der Waals surface area contributed by atoms with E-state index >= 15 is 0 Å². The van der Waals surface area contributed by atoms with Gasteiger partial charge >= 0.3 is 0 Å². The lowest BCUT2D eigenvalue weighted by atomic mass is 10.2. The van der Waals surface area contributed by atoms with Gasteiger partial charge in [-0.2, -0.15) is 11.8 Å². The van der Waals surface area contributed by atoms with Gasteiger partial charge in [-0.15, -0.1) is 0 Å². The number of carbonyl (C=O) groups excluding carboxylic acids is 1. The van der Waals surface area contributed by atoms with Crippen molar-refractivity contribution in [1.29, 1.82) is 0 Å². The zero-order valence-electron chi connectivity index (χ0n) is 10.5. The fourth-order valence-electron chi connectivity index (χ4n) is 1.37. The molecular formula is C13H19FN2OS. The Balaban J connectivity index is 2.31. The highest BCUT2D eigenvalue weighted by Gasteiger charge is 2.05. The first kappa shape index (κ1) is 14.8. The minimum atomic E-state index is -0.402. The first-order valence-corrected chi connectivity index (χ1v) is 7.21. The van der Waals surface area contributed by atoms with Crippen molar-refractivity contribution in [1.82, 2.24) is 0 Å². The standard InChI is InChI=1S/C13H19FN2OS/c1-2-3-7-18-8-6-13(17)16-12-5-4-10(14)9-11(12)15/h4-5,9H,2-3,6-8,15H2,1H3,(H,16,17). The summed E-state index contributed by atoms with van der Waals surface area (Å²) in [5, 5.41) is 2.68. The van der Waals surface area contributed by atoms with Crippen LogP contribution in [0.5, 0.6) is 0 Å². The molecule has 1 rings (SSSR count). The maximum absolute atomic E-state index is 12.8. The third-order valence-electron chi connectivity index (χ3n) is 2.40. The van der Waals surface area contributed by atoms with Crippen molar-refractivity contribution >= 4 is 29.0 Å². The Morgan fingerprint density at radius 3 is 2.89 bits per heavy atom. The molecule has 0 saturated heterocycles. The van der Waals surface area contributed by atoms with Crippen molar-refractivity contribution in [2.45, 2.75) is 26.2 Å². The smallest absolute Gasteiger partial charge is 0.225 e. The van der Waals surface area contributed by atoms with Crippen LogP contribution >= 0.6 is 11.8 Å². The molecule has 0 fully saturated rings. The molecule has 1 aromatic rings. The van der Waals surface area contributed by atoms with E-state index in [9.17, 15) is 9.18 Å². The topological polar surface area (TPSA) is 55.1 Å². The molecule has 0 aromatic heterocycles. The van der Waals surface area contributed by atoms with Crippen LogP contribution in [-0.4, -0.2) is 17.4 Å². The zero-order valence-corrected chi connectivity index (χ0v) is 11.4. The van der Waals surface area contributed by atoms with Crippen LogP contribution in [0.4, 0.5) is 15.8 Å². The minimum absolute atomic E-state index is 0.0858. The van der Waals surface area contributed by atoms with Crippen molar-refractivity contribution in [2.75, 3.05) is 22.6 Å². The average Bonchev–Trinajstić information content (AvgIpc) is 2.32. The molecule has 0 aliphatic carbocycles. The predicted molar refractivity (Wildman–Crippen MR) is 76.3 cm³/mol. The molecule has 3 nitrogen and oxygen atoms in total. The number of hydrogen-bond donors (Lipinski definition) is 2. The summed E-state index contributed by atoms with van der Waals surface area (Å²) < 4.78 is 12.8. The molecule has 0 atom stereocenters. The van der Waals surface area contributed by atoms with Crippen molar-refractivity contribution in [3.8, 4) is 0 Å². The number of thioether (sulfide) groups is 1. The van der Waals surface area contributed by atoms with Gasteiger partial charge < -0.3 is 11.1 Å². The largest absolute Gasteiger partial charge is 0.397 e. The molecule has 5 heteroatoms. The predicted octanol–water partition coefficient (Wildman–Crippen LogP) is 3.27. The lowest BCUT2D eigenvalue weighted by Crippen LogP contribution is -2.13. The first-order chi connectivity index (χ1) is 8.63. The number of nitrogens with one attached hydrogen (secondary N) is 1. The SMILES string of the molecule is CCCCSCCC(=O)Nc1ccc(F)cc1N. The molecule has 0 aliphatic heterocycles. The van der Waals surface area contributed by atoms with E-state index in [-0.39, 0.29) is 11.6 Å². The van der Waals surface area contributed by atoms with Gasteiger partial charge in [0.05, 0.1) is 11.4 Å². The molecule has 0 spiro atoms. The lowest BCUT2D eigenvalue weighted by molar-refractivity contribution is -0.115. The number of unbranched alkanes of at least 4 members (excludes halogenated alkanes) is 1. The van der Waals surface area contributed by atoms with Crippen molar-refractivity contribution < 1.29 is 9.18 Å². The Hall–Kier alpha value is -1.23. The summed E-state index contributed by atoms with van der Waals surface area (Å²) in [6.45, 7) is 2.14. The van der Waals surface area contributed by atoms with Crippen LogP contribution in [0.2, 0.25) is 0 Å². The summed E-state index contributed by atoms with van der Waals surface area (Å²) in [7, 11) is 0. The van der Waals surface area contributed by atoms with E-state index in [2.05, 4.69) is 12.2 Å². The second kappa shape index (κ2) is 7.97. The third kappa shape index (κ3) is 5.40. The monoisotopic (exact) mass is 270 g/mol. The summed E-state index contributed by atoms with van der Waals surface area (Å²) in [6.07, 6.45) is 2.80. The van der Waals surface area contributed by atoms with Gasteiger partial charge in [-0.3, -0.25) is 4.79 Å². The maximum Gasteiger partial charge on any atom is 0.225 e. The Labute approximate surface area is 111 Å². The van der Waals surface area contributed by atoms with Crippen LogP contribution in [0.15, 0.2) is 18.2 Å². The number of rotatable bonds is 7. The summed E-state index contributed by atoms with van der Waals surface area (Å²) in [5.41, 5.74) is 6.33. The Morgan fingerprint density at radius 1 is 1.44 bits per heavy atom. The molecule has 1 amide bonds. The van der Waals surface area contributed by atoms with Crippen LogP contribution in [-0.2, 0) is 4.79 Å². The summed E-state index contributed by atoms with van der Waals surface area (Å²) in [5.74, 6) is 1.40. The van der Waals surface area contributed by atoms with Gasteiger partial charge in [0.2, 0.25) is 5.91 Å². The number of halogens is 1. The lowest BCUT2D eigenvalue weighted by Gasteiger charge is -2.08. The van der Waals surface area contributed by atoms with E-state index in [1.807, 2.05) is 0 Å². The molecule has 0 heterocycles. The van der Waals surface area contributed by atoms with Crippen LogP contribution in [0.25, 0.3) is 0 Å². The highest BCUT2D eigenvalue weighted by atomic mass is 32.2.